The normalized spacial score (nSPS) is 10.6. The van der Waals surface area contributed by atoms with Crippen LogP contribution >= 0.6 is 15.9 Å². The minimum absolute atomic E-state index is 0.300. The Kier molecular flexibility index (Phi) is 1.92. The van der Waals surface area contributed by atoms with Gasteiger partial charge in [-0.05, 0) is 34.1 Å². The molecule has 0 fully saturated rings. The predicted octanol–water partition coefficient (Wildman–Crippen LogP) is 2.72. The average Bonchev–Trinajstić information content (AvgIpc) is 2.12. The summed E-state index contributed by atoms with van der Waals surface area (Å²) in [6, 6.07) is 6.83. The van der Waals surface area contributed by atoms with Crippen molar-refractivity contribution < 1.29 is 4.39 Å². The van der Waals surface area contributed by atoms with Gasteiger partial charge in [-0.15, -0.1) is 0 Å². The van der Waals surface area contributed by atoms with Gasteiger partial charge in [0.2, 0.25) is 0 Å². The highest BCUT2D eigenvalue weighted by atomic mass is 79.9. The molecule has 0 unspecified atom stereocenters. The third kappa shape index (κ3) is 1.37. The molecule has 1 aromatic carbocycles. The predicted molar refractivity (Wildman–Crippen MR) is 53.8 cm³/mol. The molecule has 2 nitrogen and oxygen atoms in total. The summed E-state index contributed by atoms with van der Waals surface area (Å²) in [4.78, 5) is 3.91. The van der Waals surface area contributed by atoms with Gasteiger partial charge in [0.05, 0.1) is 4.47 Å². The van der Waals surface area contributed by atoms with Crippen molar-refractivity contribution in [1.82, 2.24) is 4.98 Å². The third-order valence-electron chi connectivity index (χ3n) is 1.77. The van der Waals surface area contributed by atoms with Gasteiger partial charge >= 0.3 is 0 Å². The summed E-state index contributed by atoms with van der Waals surface area (Å²) in [7, 11) is 0. The van der Waals surface area contributed by atoms with Crippen molar-refractivity contribution in [3.63, 3.8) is 0 Å². The topological polar surface area (TPSA) is 38.9 Å². The largest absolute Gasteiger partial charge is 0.384 e. The van der Waals surface area contributed by atoms with Crippen LogP contribution in [0.15, 0.2) is 28.7 Å². The van der Waals surface area contributed by atoms with Crippen LogP contribution < -0.4 is 5.73 Å². The molecule has 0 aliphatic heterocycles. The van der Waals surface area contributed by atoms with Crippen molar-refractivity contribution in [3.8, 4) is 0 Å². The van der Waals surface area contributed by atoms with Crippen LogP contribution in [0.2, 0.25) is 0 Å². The quantitative estimate of drug-likeness (QED) is 0.770. The Labute approximate surface area is 82.7 Å². The monoisotopic (exact) mass is 240 g/mol. The number of anilines is 1. The lowest BCUT2D eigenvalue weighted by atomic mass is 10.2. The molecule has 1 aromatic heterocycles. The van der Waals surface area contributed by atoms with E-state index in [1.165, 1.54) is 0 Å². The molecule has 0 atom stereocenters. The molecule has 0 spiro atoms. The van der Waals surface area contributed by atoms with Crippen LogP contribution in [-0.2, 0) is 0 Å². The van der Waals surface area contributed by atoms with Gasteiger partial charge in [-0.25, -0.2) is 9.37 Å². The van der Waals surface area contributed by atoms with E-state index in [-0.39, 0.29) is 5.82 Å². The molecule has 2 aromatic rings. The Balaban J connectivity index is 2.89. The molecular formula is C9H6BrFN2. The number of aromatic nitrogens is 1. The number of hydrogen-bond acceptors (Lipinski definition) is 2. The van der Waals surface area contributed by atoms with Gasteiger partial charge < -0.3 is 5.73 Å². The fourth-order valence-electron chi connectivity index (χ4n) is 1.14. The molecule has 13 heavy (non-hydrogen) atoms. The highest BCUT2D eigenvalue weighted by molar-refractivity contribution is 9.10. The minimum atomic E-state index is -0.371. The van der Waals surface area contributed by atoms with Crippen LogP contribution in [0.5, 0.6) is 0 Å². The number of nitrogen functional groups attached to an aromatic ring is 1. The zero-order valence-corrected chi connectivity index (χ0v) is 8.18. The Morgan fingerprint density at radius 1 is 1.23 bits per heavy atom. The summed E-state index contributed by atoms with van der Waals surface area (Å²) in [6.45, 7) is 0. The molecule has 0 aliphatic carbocycles. The molecule has 4 heteroatoms. The SMILES string of the molecule is Nc1ccc2ccc(Br)c(F)c2n1. The lowest BCUT2D eigenvalue weighted by Crippen LogP contribution is -1.92. The molecule has 0 bridgehead atoms. The molecule has 2 N–H and O–H groups in total. The first-order chi connectivity index (χ1) is 6.18. The van der Waals surface area contributed by atoms with E-state index in [0.717, 1.165) is 5.39 Å². The maximum absolute atomic E-state index is 13.4. The zero-order valence-electron chi connectivity index (χ0n) is 6.59. The van der Waals surface area contributed by atoms with E-state index in [9.17, 15) is 4.39 Å². The number of nitrogens with zero attached hydrogens (tertiary/aromatic N) is 1. The molecule has 0 saturated carbocycles. The van der Waals surface area contributed by atoms with Gasteiger partial charge in [-0.3, -0.25) is 0 Å². The molecule has 1 heterocycles. The van der Waals surface area contributed by atoms with Gasteiger partial charge in [0.15, 0.2) is 5.82 Å². The number of halogens is 2. The van der Waals surface area contributed by atoms with E-state index in [2.05, 4.69) is 20.9 Å². The van der Waals surface area contributed by atoms with Crippen molar-refractivity contribution in [3.05, 3.63) is 34.6 Å². The van der Waals surface area contributed by atoms with Crippen LogP contribution in [0.1, 0.15) is 0 Å². The van der Waals surface area contributed by atoms with Crippen LogP contribution in [0.25, 0.3) is 10.9 Å². The molecule has 66 valence electrons. The summed E-state index contributed by atoms with van der Waals surface area (Å²) < 4.78 is 13.8. The van der Waals surface area contributed by atoms with Gasteiger partial charge in [-0.2, -0.15) is 0 Å². The highest BCUT2D eigenvalue weighted by Gasteiger charge is 2.05. The van der Waals surface area contributed by atoms with E-state index >= 15 is 0 Å². The van der Waals surface area contributed by atoms with Crippen LogP contribution in [0, 0.1) is 5.82 Å². The second-order valence-electron chi connectivity index (χ2n) is 2.67. The van der Waals surface area contributed by atoms with Gasteiger partial charge in [0, 0.05) is 5.39 Å². The smallest absolute Gasteiger partial charge is 0.163 e. The van der Waals surface area contributed by atoms with Gasteiger partial charge in [0.25, 0.3) is 0 Å². The molecule has 0 aliphatic rings. The second kappa shape index (κ2) is 2.96. The summed E-state index contributed by atoms with van der Waals surface area (Å²) in [6.07, 6.45) is 0. The Morgan fingerprint density at radius 3 is 2.69 bits per heavy atom. The van der Waals surface area contributed by atoms with Crippen LogP contribution in [0.4, 0.5) is 10.2 Å². The molecule has 0 saturated heterocycles. The molecule has 2 rings (SSSR count). The lowest BCUT2D eigenvalue weighted by molar-refractivity contribution is 0.630. The maximum atomic E-state index is 13.4. The van der Waals surface area contributed by atoms with Crippen molar-refractivity contribution in [2.45, 2.75) is 0 Å². The second-order valence-corrected chi connectivity index (χ2v) is 3.52. The van der Waals surface area contributed by atoms with E-state index < -0.39 is 0 Å². The maximum Gasteiger partial charge on any atom is 0.163 e. The first-order valence-electron chi connectivity index (χ1n) is 3.69. The first kappa shape index (κ1) is 8.44. The number of benzene rings is 1. The van der Waals surface area contributed by atoms with Gasteiger partial charge in [0.1, 0.15) is 11.3 Å². The number of hydrogen-bond donors (Lipinski definition) is 1. The van der Waals surface area contributed by atoms with E-state index in [1.54, 1.807) is 24.3 Å². The summed E-state index contributed by atoms with van der Waals surface area (Å²) in [5.41, 5.74) is 5.75. The Morgan fingerprint density at radius 2 is 1.92 bits per heavy atom. The van der Waals surface area contributed by atoms with Crippen LogP contribution in [-0.4, -0.2) is 4.98 Å². The molecular weight excluding hydrogens is 235 g/mol. The molecule has 0 amide bonds. The van der Waals surface area contributed by atoms with Crippen LogP contribution in [0.3, 0.4) is 0 Å². The fourth-order valence-corrected chi connectivity index (χ4v) is 1.46. The first-order valence-corrected chi connectivity index (χ1v) is 4.48. The summed E-state index contributed by atoms with van der Waals surface area (Å²) >= 11 is 3.09. The van der Waals surface area contributed by atoms with Crippen molar-refractivity contribution in [2.75, 3.05) is 5.73 Å². The average molecular weight is 241 g/mol. The number of rotatable bonds is 0. The van der Waals surface area contributed by atoms with E-state index in [1.807, 2.05) is 0 Å². The standard InChI is InChI=1S/C9H6BrFN2/c10-6-3-1-5-2-4-7(12)13-9(5)8(6)11/h1-4H,(H2,12,13). The minimum Gasteiger partial charge on any atom is -0.384 e. The van der Waals surface area contributed by atoms with Crippen molar-refractivity contribution in [2.24, 2.45) is 0 Å². The van der Waals surface area contributed by atoms with Crippen molar-refractivity contribution >= 4 is 32.7 Å². The van der Waals surface area contributed by atoms with Gasteiger partial charge in [-0.1, -0.05) is 6.07 Å². The van der Waals surface area contributed by atoms with E-state index in [0.29, 0.717) is 15.8 Å². The summed E-state index contributed by atoms with van der Waals surface area (Å²) in [5, 5.41) is 0.745. The Bertz CT molecular complexity index is 465. The number of nitrogens with two attached hydrogens (primary N) is 1. The molecule has 0 radical (unpaired) electrons. The number of pyridine rings is 1. The fraction of sp³-hybridized carbons (Fsp3) is 0. The Hall–Kier alpha value is -1.16. The van der Waals surface area contributed by atoms with E-state index in [4.69, 9.17) is 5.73 Å². The lowest BCUT2D eigenvalue weighted by Gasteiger charge is -2.01. The van der Waals surface area contributed by atoms with Crippen molar-refractivity contribution in [1.29, 1.82) is 0 Å². The zero-order chi connectivity index (χ0) is 9.42. The number of fused-ring (bicyclic) bond motifs is 1. The summed E-state index contributed by atoms with van der Waals surface area (Å²) in [5.74, 6) is -0.0469. The third-order valence-corrected chi connectivity index (χ3v) is 2.39. The highest BCUT2D eigenvalue weighted by Crippen LogP contribution is 2.23.